The molecule has 0 saturated carbocycles. The first-order valence-electron chi connectivity index (χ1n) is 15.2. The van der Waals surface area contributed by atoms with Crippen LogP contribution in [0.2, 0.25) is 0 Å². The number of carbonyl (C=O) groups excluding carboxylic acids is 1. The van der Waals surface area contributed by atoms with Crippen molar-refractivity contribution < 1.29 is 22.7 Å². The number of amidine groups is 1. The van der Waals surface area contributed by atoms with Crippen molar-refractivity contribution in [2.45, 2.75) is 45.5 Å². The van der Waals surface area contributed by atoms with E-state index in [4.69, 9.17) is 10.5 Å². The molecule has 1 aliphatic rings. The molecule has 1 aliphatic heterocycles. The fourth-order valence-corrected chi connectivity index (χ4v) is 4.85. The van der Waals surface area contributed by atoms with Crippen molar-refractivity contribution in [2.24, 2.45) is 10.7 Å². The van der Waals surface area contributed by atoms with Gasteiger partial charge >= 0.3 is 6.18 Å². The smallest absolute Gasteiger partial charge is 0.408 e. The van der Waals surface area contributed by atoms with Crippen LogP contribution in [0.25, 0.3) is 22.2 Å². The summed E-state index contributed by atoms with van der Waals surface area (Å²) in [5.74, 6) is 0.764. The number of alkyl halides is 3. The summed E-state index contributed by atoms with van der Waals surface area (Å²) in [6.07, 6.45) is 3.86. The van der Waals surface area contributed by atoms with Crippen molar-refractivity contribution in [3.05, 3.63) is 60.2 Å². The van der Waals surface area contributed by atoms with E-state index in [1.807, 2.05) is 51.2 Å². The lowest BCUT2D eigenvalue weighted by Gasteiger charge is -2.18. The lowest BCUT2D eigenvalue weighted by Crippen LogP contribution is -2.33. The van der Waals surface area contributed by atoms with E-state index in [-0.39, 0.29) is 17.9 Å². The second-order valence-corrected chi connectivity index (χ2v) is 11.1. The number of hydrogen-bond donors (Lipinski definition) is 5. The zero-order valence-electron chi connectivity index (χ0n) is 27.4. The van der Waals surface area contributed by atoms with E-state index in [1.54, 1.807) is 12.3 Å². The summed E-state index contributed by atoms with van der Waals surface area (Å²) in [5, 5.41) is 9.48. The standard InChI is InChI=1S/C19H23N7.C13H17F3N4O2/c1-11-9-24-19(25-16(20)8-12(2)21-3)26-17(11)14-10-23-18-13(14)6-5-7-15(18)22-4;1-9(13(14,15)16)18-12-17-4-2-11(19-12)22-10-3-5-20(8-10)6-7-21/h5-10,21-23H,1-4H3,(H2,20,24,25,26);2,4,7,9-10H,3,5-6,8H2,1H3,(H,17,18,19)/b12-8-;. The van der Waals surface area contributed by atoms with Crippen LogP contribution in [-0.2, 0) is 4.79 Å². The number of aryl methyl sites for hydroxylation is 1. The third kappa shape index (κ3) is 9.40. The number of fused-ring (bicyclic) bond motifs is 1. The van der Waals surface area contributed by atoms with E-state index in [9.17, 15) is 18.0 Å². The summed E-state index contributed by atoms with van der Waals surface area (Å²) in [4.78, 5) is 36.6. The fraction of sp³-hybridized carbons (Fsp3) is 0.375. The monoisotopic (exact) mass is 667 g/mol. The van der Waals surface area contributed by atoms with Crippen LogP contribution in [0.15, 0.2) is 59.6 Å². The quantitative estimate of drug-likeness (QED) is 0.0862. The van der Waals surface area contributed by atoms with Gasteiger partial charge in [0.05, 0.1) is 23.4 Å². The molecule has 3 aromatic heterocycles. The number of allylic oxidation sites excluding steroid dienone is 1. The van der Waals surface area contributed by atoms with Gasteiger partial charge in [-0.2, -0.15) is 23.1 Å². The van der Waals surface area contributed by atoms with Crippen LogP contribution in [-0.4, -0.2) is 94.0 Å². The highest BCUT2D eigenvalue weighted by Crippen LogP contribution is 2.33. The summed E-state index contributed by atoms with van der Waals surface area (Å²) in [6.45, 7) is 6.56. The molecule has 4 aromatic rings. The Morgan fingerprint density at radius 1 is 1.25 bits per heavy atom. The number of aldehydes is 1. The summed E-state index contributed by atoms with van der Waals surface area (Å²) in [6, 6.07) is 5.86. The maximum Gasteiger partial charge on any atom is 0.408 e. The maximum atomic E-state index is 12.5. The minimum atomic E-state index is -4.37. The fourth-order valence-electron chi connectivity index (χ4n) is 4.85. The number of benzene rings is 1. The molecular weight excluding hydrogens is 627 g/mol. The number of carbonyl (C=O) groups is 1. The maximum absolute atomic E-state index is 12.5. The second-order valence-electron chi connectivity index (χ2n) is 11.1. The summed E-state index contributed by atoms with van der Waals surface area (Å²) in [5.41, 5.74) is 11.8. The molecule has 13 nitrogen and oxygen atoms in total. The third-order valence-electron chi connectivity index (χ3n) is 7.50. The largest absolute Gasteiger partial charge is 0.473 e. The molecule has 48 heavy (non-hydrogen) atoms. The average molecular weight is 668 g/mol. The summed E-state index contributed by atoms with van der Waals surface area (Å²) in [7, 11) is 3.73. The van der Waals surface area contributed by atoms with Crippen molar-refractivity contribution >= 4 is 40.6 Å². The van der Waals surface area contributed by atoms with Gasteiger partial charge in [0.15, 0.2) is 0 Å². The molecule has 0 amide bonds. The van der Waals surface area contributed by atoms with Gasteiger partial charge in [-0.05, 0) is 44.9 Å². The molecule has 1 saturated heterocycles. The Hall–Kier alpha value is -5.25. The van der Waals surface area contributed by atoms with Gasteiger partial charge < -0.3 is 36.2 Å². The predicted octanol–water partition coefficient (Wildman–Crippen LogP) is 4.58. The molecule has 4 heterocycles. The van der Waals surface area contributed by atoms with Crippen LogP contribution in [0.3, 0.4) is 0 Å². The van der Waals surface area contributed by atoms with E-state index >= 15 is 0 Å². The van der Waals surface area contributed by atoms with Gasteiger partial charge in [0, 0.05) is 68.5 Å². The highest BCUT2D eigenvalue weighted by molar-refractivity contribution is 6.01. The van der Waals surface area contributed by atoms with Gasteiger partial charge in [-0.25, -0.2) is 15.0 Å². The number of halogens is 3. The highest BCUT2D eigenvalue weighted by atomic mass is 19.4. The first kappa shape index (κ1) is 35.6. The Morgan fingerprint density at radius 3 is 2.75 bits per heavy atom. The first-order chi connectivity index (χ1) is 22.9. The molecule has 0 radical (unpaired) electrons. The highest BCUT2D eigenvalue weighted by Gasteiger charge is 2.36. The number of likely N-dealkylation sites (tertiary alicyclic amines) is 1. The van der Waals surface area contributed by atoms with Gasteiger partial charge in [-0.15, -0.1) is 0 Å². The normalized spacial score (nSPS) is 16.2. The van der Waals surface area contributed by atoms with E-state index in [1.165, 1.54) is 12.3 Å². The summed E-state index contributed by atoms with van der Waals surface area (Å²) >= 11 is 0. The van der Waals surface area contributed by atoms with Crippen molar-refractivity contribution in [3.63, 3.8) is 0 Å². The SMILES string of the molecule is CC(Nc1nccc(OC2CCN(CC=O)C2)n1)C(F)(F)F.CN/C(C)=C\C(N)=N/c1ncc(C)c(-c2c[nH]c3c(NC)cccc23)n1. The van der Waals surface area contributed by atoms with Gasteiger partial charge in [-0.3, -0.25) is 4.90 Å². The van der Waals surface area contributed by atoms with Crippen LogP contribution in [0.4, 0.5) is 30.8 Å². The van der Waals surface area contributed by atoms with E-state index in [2.05, 4.69) is 51.9 Å². The van der Waals surface area contributed by atoms with Crippen LogP contribution >= 0.6 is 0 Å². The van der Waals surface area contributed by atoms with Crippen molar-refractivity contribution in [3.8, 4) is 17.1 Å². The lowest BCUT2D eigenvalue weighted by molar-refractivity contribution is -0.138. The number of nitrogens with zero attached hydrogens (tertiary/aromatic N) is 6. The molecule has 0 spiro atoms. The number of aromatic nitrogens is 5. The lowest BCUT2D eigenvalue weighted by atomic mass is 10.1. The topological polar surface area (TPSA) is 171 Å². The molecule has 0 aliphatic carbocycles. The number of aliphatic imine (C=N–C) groups is 1. The number of rotatable bonds is 11. The Labute approximate surface area is 276 Å². The molecule has 1 aromatic carbocycles. The van der Waals surface area contributed by atoms with Crippen LogP contribution in [0.5, 0.6) is 5.88 Å². The van der Waals surface area contributed by atoms with Gasteiger partial charge in [0.1, 0.15) is 24.3 Å². The number of hydrogen-bond acceptors (Lipinski definition) is 11. The van der Waals surface area contributed by atoms with Crippen LogP contribution in [0.1, 0.15) is 25.8 Å². The molecule has 6 N–H and O–H groups in total. The Morgan fingerprint density at radius 2 is 2.04 bits per heavy atom. The average Bonchev–Trinajstić information content (AvgIpc) is 3.69. The molecule has 0 bridgehead atoms. The number of nitrogens with two attached hydrogens (primary N) is 1. The van der Waals surface area contributed by atoms with E-state index in [0.717, 1.165) is 65.3 Å². The molecular formula is C32H40F3N11O2. The first-order valence-corrected chi connectivity index (χ1v) is 15.2. The molecule has 16 heteroatoms. The van der Waals surface area contributed by atoms with Crippen molar-refractivity contribution in [2.75, 3.05) is 44.4 Å². The molecule has 1 fully saturated rings. The minimum Gasteiger partial charge on any atom is -0.473 e. The number of H-pyrrole nitrogens is 1. The molecule has 2 unspecified atom stereocenters. The predicted molar refractivity (Wildman–Crippen MR) is 180 cm³/mol. The number of ether oxygens (including phenoxy) is 1. The van der Waals surface area contributed by atoms with E-state index in [0.29, 0.717) is 24.9 Å². The van der Waals surface area contributed by atoms with Gasteiger partial charge in [-0.1, -0.05) is 12.1 Å². The summed E-state index contributed by atoms with van der Waals surface area (Å²) < 4.78 is 43.1. The third-order valence-corrected chi connectivity index (χ3v) is 7.50. The van der Waals surface area contributed by atoms with Crippen molar-refractivity contribution in [1.82, 2.24) is 35.1 Å². The van der Waals surface area contributed by atoms with Gasteiger partial charge in [0.25, 0.3) is 5.95 Å². The Balaban J connectivity index is 0.000000220. The molecule has 5 rings (SSSR count). The van der Waals surface area contributed by atoms with Crippen LogP contribution < -0.4 is 26.4 Å². The van der Waals surface area contributed by atoms with E-state index < -0.39 is 12.2 Å². The van der Waals surface area contributed by atoms with Crippen LogP contribution in [0, 0.1) is 6.92 Å². The molecule has 256 valence electrons. The zero-order valence-corrected chi connectivity index (χ0v) is 27.4. The minimum absolute atomic E-state index is 0.134. The number of anilines is 2. The number of aromatic amines is 1. The molecule has 2 atom stereocenters. The second kappa shape index (κ2) is 16.0. The van der Waals surface area contributed by atoms with Crippen molar-refractivity contribution in [1.29, 1.82) is 0 Å². The Bertz CT molecular complexity index is 1760. The Kier molecular flexibility index (Phi) is 11.9. The zero-order chi connectivity index (χ0) is 34.8. The number of para-hydroxylation sites is 1. The number of nitrogens with one attached hydrogen (secondary N) is 4. The van der Waals surface area contributed by atoms with Gasteiger partial charge in [0.2, 0.25) is 11.8 Å².